The highest BCUT2D eigenvalue weighted by atomic mass is 16.6. The number of rotatable bonds is 8. The Labute approximate surface area is 160 Å². The zero-order chi connectivity index (χ0) is 20.7. The van der Waals surface area contributed by atoms with Crippen molar-refractivity contribution in [3.63, 3.8) is 0 Å². The molecule has 1 unspecified atom stereocenters. The van der Waals surface area contributed by atoms with Gasteiger partial charge in [0.15, 0.2) is 0 Å². The van der Waals surface area contributed by atoms with Gasteiger partial charge in [0.2, 0.25) is 0 Å². The number of carbonyl (C=O) groups is 3. The summed E-state index contributed by atoms with van der Waals surface area (Å²) in [6, 6.07) is 11.8. The van der Waals surface area contributed by atoms with Crippen LogP contribution in [0.2, 0.25) is 0 Å². The number of carbonyl (C=O) groups excluding carboxylic acids is 2. The van der Waals surface area contributed by atoms with E-state index in [0.29, 0.717) is 17.5 Å². The van der Waals surface area contributed by atoms with Gasteiger partial charge in [0.1, 0.15) is 11.8 Å². The van der Waals surface area contributed by atoms with Gasteiger partial charge in [-0.1, -0.05) is 30.3 Å². The van der Waals surface area contributed by atoms with Crippen molar-refractivity contribution in [3.8, 4) is 0 Å². The summed E-state index contributed by atoms with van der Waals surface area (Å²) in [5.74, 6) is -0.654. The minimum atomic E-state index is -1.34. The second-order valence-corrected chi connectivity index (χ2v) is 6.03. The Hall–Kier alpha value is -3.75. The average Bonchev–Trinajstić information content (AvgIpc) is 2.65. The standard InChI is InChI=1S/C19H19N3O6/c1-13-6-5-9-16(22(27)28)17(13)18(24)21(15-7-3-2-4-8-15)12-14(10-11-23)20-19(25)26/h2-9,11,14,20H,10,12H2,1H3,(H,25,26). The zero-order valence-electron chi connectivity index (χ0n) is 15.1. The number of nitrogens with zero attached hydrogens (tertiary/aromatic N) is 2. The number of nitro groups is 1. The minimum absolute atomic E-state index is 0.0865. The molecule has 0 aliphatic carbocycles. The third-order valence-electron chi connectivity index (χ3n) is 4.09. The lowest BCUT2D eigenvalue weighted by Gasteiger charge is -2.27. The Kier molecular flexibility index (Phi) is 6.80. The van der Waals surface area contributed by atoms with E-state index in [1.165, 1.54) is 17.0 Å². The van der Waals surface area contributed by atoms with Crippen molar-refractivity contribution in [2.24, 2.45) is 0 Å². The van der Waals surface area contributed by atoms with E-state index in [4.69, 9.17) is 5.11 Å². The second kappa shape index (κ2) is 9.26. The van der Waals surface area contributed by atoms with E-state index in [-0.39, 0.29) is 24.2 Å². The van der Waals surface area contributed by atoms with Crippen LogP contribution in [0.25, 0.3) is 0 Å². The Morgan fingerprint density at radius 1 is 1.21 bits per heavy atom. The van der Waals surface area contributed by atoms with Gasteiger partial charge >= 0.3 is 6.09 Å². The van der Waals surface area contributed by atoms with Gasteiger partial charge in [-0.25, -0.2) is 4.79 Å². The summed E-state index contributed by atoms with van der Waals surface area (Å²) >= 11 is 0. The third kappa shape index (κ3) is 4.91. The van der Waals surface area contributed by atoms with E-state index >= 15 is 0 Å². The highest BCUT2D eigenvalue weighted by Gasteiger charge is 2.29. The molecule has 2 aromatic carbocycles. The lowest BCUT2D eigenvalue weighted by molar-refractivity contribution is -0.385. The fraction of sp³-hybridized carbons (Fsp3) is 0.211. The van der Waals surface area contributed by atoms with Crippen LogP contribution in [0.3, 0.4) is 0 Å². The monoisotopic (exact) mass is 385 g/mol. The van der Waals surface area contributed by atoms with E-state index in [9.17, 15) is 24.5 Å². The summed E-state index contributed by atoms with van der Waals surface area (Å²) in [5, 5.41) is 22.6. The number of anilines is 1. The molecule has 2 aromatic rings. The number of para-hydroxylation sites is 1. The molecule has 9 nitrogen and oxygen atoms in total. The van der Waals surface area contributed by atoms with Gasteiger partial charge in [-0.3, -0.25) is 14.9 Å². The molecule has 0 radical (unpaired) electrons. The number of aldehydes is 1. The van der Waals surface area contributed by atoms with E-state index in [2.05, 4.69) is 5.32 Å². The van der Waals surface area contributed by atoms with Crippen molar-refractivity contribution in [1.29, 1.82) is 0 Å². The van der Waals surface area contributed by atoms with Crippen LogP contribution in [0.1, 0.15) is 22.3 Å². The third-order valence-corrected chi connectivity index (χ3v) is 4.09. The molecule has 146 valence electrons. The highest BCUT2D eigenvalue weighted by Crippen LogP contribution is 2.26. The molecule has 0 aliphatic heterocycles. The van der Waals surface area contributed by atoms with Crippen LogP contribution < -0.4 is 10.2 Å². The summed E-state index contributed by atoms with van der Waals surface area (Å²) in [6.45, 7) is 1.42. The number of nitro benzene ring substituents is 1. The minimum Gasteiger partial charge on any atom is -0.465 e. The number of aryl methyl sites for hydroxylation is 1. The summed E-state index contributed by atoms with van der Waals surface area (Å²) in [7, 11) is 0. The lowest BCUT2D eigenvalue weighted by Crippen LogP contribution is -2.46. The predicted octanol–water partition coefficient (Wildman–Crippen LogP) is 2.78. The quantitative estimate of drug-likeness (QED) is 0.408. The van der Waals surface area contributed by atoms with Crippen molar-refractivity contribution in [2.75, 3.05) is 11.4 Å². The fourth-order valence-corrected chi connectivity index (χ4v) is 2.82. The SMILES string of the molecule is Cc1cccc([N+](=O)[O-])c1C(=O)N(CC(CC=O)NC(=O)O)c1ccccc1. The van der Waals surface area contributed by atoms with Crippen molar-refractivity contribution in [3.05, 3.63) is 69.8 Å². The molecule has 2 N–H and O–H groups in total. The number of hydrogen-bond acceptors (Lipinski definition) is 5. The fourth-order valence-electron chi connectivity index (χ4n) is 2.82. The summed E-state index contributed by atoms with van der Waals surface area (Å²) in [4.78, 5) is 47.2. The van der Waals surface area contributed by atoms with Gasteiger partial charge in [0.05, 0.1) is 11.0 Å². The Balaban J connectivity index is 2.51. The van der Waals surface area contributed by atoms with Crippen LogP contribution in [0.4, 0.5) is 16.2 Å². The maximum Gasteiger partial charge on any atom is 0.404 e. The van der Waals surface area contributed by atoms with E-state index in [1.54, 1.807) is 43.3 Å². The number of amides is 2. The normalized spacial score (nSPS) is 11.3. The number of hydrogen-bond donors (Lipinski definition) is 2. The summed E-state index contributed by atoms with van der Waals surface area (Å²) in [6.07, 6.45) is -0.947. The number of nitrogens with one attached hydrogen (secondary N) is 1. The molecule has 0 aromatic heterocycles. The molecular weight excluding hydrogens is 366 g/mol. The summed E-state index contributed by atoms with van der Waals surface area (Å²) in [5.41, 5.74) is 0.409. The first-order valence-electron chi connectivity index (χ1n) is 8.39. The highest BCUT2D eigenvalue weighted by molar-refractivity contribution is 6.09. The molecule has 2 amide bonds. The van der Waals surface area contributed by atoms with Crippen LogP contribution >= 0.6 is 0 Å². The van der Waals surface area contributed by atoms with Crippen LogP contribution in [0.5, 0.6) is 0 Å². The van der Waals surface area contributed by atoms with Crippen LogP contribution in [0.15, 0.2) is 48.5 Å². The van der Waals surface area contributed by atoms with E-state index in [1.807, 2.05) is 0 Å². The smallest absolute Gasteiger partial charge is 0.404 e. The molecule has 9 heteroatoms. The Morgan fingerprint density at radius 3 is 2.46 bits per heavy atom. The topological polar surface area (TPSA) is 130 Å². The molecule has 0 fully saturated rings. The van der Waals surface area contributed by atoms with Crippen LogP contribution in [0, 0.1) is 17.0 Å². The maximum atomic E-state index is 13.3. The van der Waals surface area contributed by atoms with Gasteiger partial charge in [-0.2, -0.15) is 0 Å². The molecular formula is C19H19N3O6. The number of carboxylic acid groups (broad SMARTS) is 1. The first-order chi connectivity index (χ1) is 13.3. The predicted molar refractivity (Wildman–Crippen MR) is 102 cm³/mol. The van der Waals surface area contributed by atoms with Crippen LogP contribution in [-0.4, -0.2) is 40.9 Å². The Morgan fingerprint density at radius 2 is 1.89 bits per heavy atom. The molecule has 28 heavy (non-hydrogen) atoms. The molecule has 2 rings (SSSR count). The molecule has 0 aliphatic rings. The number of benzene rings is 2. The molecule has 0 bridgehead atoms. The average molecular weight is 385 g/mol. The van der Waals surface area contributed by atoms with E-state index < -0.39 is 23.0 Å². The Bertz CT molecular complexity index is 884. The van der Waals surface area contributed by atoms with Crippen molar-refractivity contribution < 1.29 is 24.4 Å². The van der Waals surface area contributed by atoms with Gasteiger partial charge in [-0.15, -0.1) is 0 Å². The molecule has 0 spiro atoms. The lowest BCUT2D eigenvalue weighted by atomic mass is 10.0. The van der Waals surface area contributed by atoms with Gasteiger partial charge in [0.25, 0.3) is 11.6 Å². The van der Waals surface area contributed by atoms with Gasteiger partial charge < -0.3 is 20.1 Å². The molecule has 0 saturated carbocycles. The largest absolute Gasteiger partial charge is 0.465 e. The van der Waals surface area contributed by atoms with Crippen molar-refractivity contribution >= 4 is 29.7 Å². The first kappa shape index (κ1) is 20.6. The van der Waals surface area contributed by atoms with Gasteiger partial charge in [-0.05, 0) is 24.6 Å². The first-order valence-corrected chi connectivity index (χ1v) is 8.39. The maximum absolute atomic E-state index is 13.3. The van der Waals surface area contributed by atoms with Crippen LogP contribution in [-0.2, 0) is 4.79 Å². The zero-order valence-corrected chi connectivity index (χ0v) is 15.1. The van der Waals surface area contributed by atoms with Gasteiger partial charge in [0, 0.05) is 24.7 Å². The second-order valence-electron chi connectivity index (χ2n) is 6.03. The van der Waals surface area contributed by atoms with Crippen molar-refractivity contribution in [2.45, 2.75) is 19.4 Å². The van der Waals surface area contributed by atoms with Crippen molar-refractivity contribution in [1.82, 2.24) is 5.32 Å². The molecule has 1 atom stereocenters. The molecule has 0 heterocycles. The van der Waals surface area contributed by atoms with E-state index in [0.717, 1.165) is 0 Å². The summed E-state index contributed by atoms with van der Waals surface area (Å²) < 4.78 is 0. The molecule has 0 saturated heterocycles.